The summed E-state index contributed by atoms with van der Waals surface area (Å²) in [6, 6.07) is 0. The zero-order valence-electron chi connectivity index (χ0n) is 6.11. The highest BCUT2D eigenvalue weighted by atomic mass is 16.9. The maximum atomic E-state index is 8.69. The molecule has 3 unspecified atom stereocenters. The van der Waals surface area contributed by atoms with Gasteiger partial charge < -0.3 is 19.3 Å². The van der Waals surface area contributed by atoms with Crippen LogP contribution in [0.5, 0.6) is 0 Å². The fourth-order valence-electron chi connectivity index (χ4n) is 0.851. The van der Waals surface area contributed by atoms with Gasteiger partial charge in [0.15, 0.2) is 0 Å². The van der Waals surface area contributed by atoms with Crippen LogP contribution in [0.15, 0.2) is 0 Å². The maximum absolute atomic E-state index is 8.69. The molecule has 3 atom stereocenters. The summed E-state index contributed by atoms with van der Waals surface area (Å²) >= 11 is 0. The van der Waals surface area contributed by atoms with Gasteiger partial charge in [-0.2, -0.15) is 0 Å². The molecule has 1 aliphatic rings. The topological polar surface area (TPSA) is 47.9 Å². The van der Waals surface area contributed by atoms with E-state index in [0.717, 1.165) is 0 Å². The van der Waals surface area contributed by atoms with Gasteiger partial charge in [-0.1, -0.05) is 0 Å². The highest BCUT2D eigenvalue weighted by molar-refractivity contribution is 4.69. The first-order chi connectivity index (χ1) is 4.77. The number of hydrogen-bond acceptors (Lipinski definition) is 4. The van der Waals surface area contributed by atoms with Gasteiger partial charge in [0, 0.05) is 7.11 Å². The first-order valence-electron chi connectivity index (χ1n) is 3.22. The van der Waals surface area contributed by atoms with Crippen LogP contribution in [0.4, 0.5) is 0 Å². The van der Waals surface area contributed by atoms with E-state index in [-0.39, 0.29) is 18.8 Å². The third-order valence-corrected chi connectivity index (χ3v) is 1.51. The van der Waals surface area contributed by atoms with Crippen LogP contribution >= 0.6 is 0 Å². The highest BCUT2D eigenvalue weighted by Gasteiger charge is 2.32. The Morgan fingerprint density at radius 2 is 2.20 bits per heavy atom. The van der Waals surface area contributed by atoms with Crippen LogP contribution in [-0.4, -0.2) is 37.5 Å². The van der Waals surface area contributed by atoms with Gasteiger partial charge in [0.05, 0.1) is 12.7 Å². The SMILES string of the molecule is COC1OC(C)C(CO)O1. The second-order valence-corrected chi connectivity index (χ2v) is 2.22. The standard InChI is InChI=1S/C6H12O4/c1-4-5(3-7)10-6(8-2)9-4/h4-7H,3H2,1-2H3. The van der Waals surface area contributed by atoms with Gasteiger partial charge in [-0.3, -0.25) is 0 Å². The molecule has 1 N–H and O–H groups in total. The molecule has 0 amide bonds. The summed E-state index contributed by atoms with van der Waals surface area (Å²) in [5.74, 6) is 0. The number of ether oxygens (including phenoxy) is 3. The van der Waals surface area contributed by atoms with Crippen molar-refractivity contribution < 1.29 is 19.3 Å². The lowest BCUT2D eigenvalue weighted by atomic mass is 10.2. The van der Waals surface area contributed by atoms with Gasteiger partial charge in [0.1, 0.15) is 6.10 Å². The second-order valence-electron chi connectivity index (χ2n) is 2.22. The molecule has 4 heteroatoms. The van der Waals surface area contributed by atoms with Gasteiger partial charge in [-0.05, 0) is 6.92 Å². The molecule has 60 valence electrons. The molecule has 1 rings (SSSR count). The molecular weight excluding hydrogens is 136 g/mol. The molecular formula is C6H12O4. The predicted octanol–water partition coefficient (Wildman–Crippen LogP) is -0.287. The van der Waals surface area contributed by atoms with Gasteiger partial charge in [0.2, 0.25) is 0 Å². The van der Waals surface area contributed by atoms with Crippen molar-refractivity contribution in [3.63, 3.8) is 0 Å². The van der Waals surface area contributed by atoms with E-state index in [4.69, 9.17) is 19.3 Å². The van der Waals surface area contributed by atoms with Crippen molar-refractivity contribution in [3.8, 4) is 0 Å². The Bertz CT molecular complexity index is 106. The Balaban J connectivity index is 2.36. The van der Waals surface area contributed by atoms with Crippen LogP contribution in [-0.2, 0) is 14.2 Å². The molecule has 0 aliphatic carbocycles. The molecule has 0 aromatic heterocycles. The van der Waals surface area contributed by atoms with Crippen LogP contribution in [0.3, 0.4) is 0 Å². The molecule has 1 saturated heterocycles. The minimum atomic E-state index is -0.604. The van der Waals surface area contributed by atoms with Crippen molar-refractivity contribution in [3.05, 3.63) is 0 Å². The Kier molecular flexibility index (Phi) is 2.62. The number of rotatable bonds is 2. The van der Waals surface area contributed by atoms with E-state index in [2.05, 4.69) is 0 Å². The number of aliphatic hydroxyl groups is 1. The van der Waals surface area contributed by atoms with Crippen molar-refractivity contribution in [1.82, 2.24) is 0 Å². The molecule has 1 aliphatic heterocycles. The van der Waals surface area contributed by atoms with E-state index >= 15 is 0 Å². The van der Waals surface area contributed by atoms with Crippen molar-refractivity contribution in [2.75, 3.05) is 13.7 Å². The molecule has 1 fully saturated rings. The normalized spacial score (nSPS) is 40.5. The second kappa shape index (κ2) is 3.30. The van der Waals surface area contributed by atoms with Crippen molar-refractivity contribution in [1.29, 1.82) is 0 Å². The lowest BCUT2D eigenvalue weighted by molar-refractivity contribution is -0.229. The minimum Gasteiger partial charge on any atom is -0.394 e. The Labute approximate surface area is 59.7 Å². The van der Waals surface area contributed by atoms with Crippen molar-refractivity contribution in [2.45, 2.75) is 25.6 Å². The fraction of sp³-hybridized carbons (Fsp3) is 1.00. The quantitative estimate of drug-likeness (QED) is 0.584. The van der Waals surface area contributed by atoms with E-state index in [1.54, 1.807) is 0 Å². The third kappa shape index (κ3) is 1.46. The molecule has 0 radical (unpaired) electrons. The van der Waals surface area contributed by atoms with Gasteiger partial charge in [-0.25, -0.2) is 0 Å². The summed E-state index contributed by atoms with van der Waals surface area (Å²) in [6.07, 6.45) is -0.333. The monoisotopic (exact) mass is 148 g/mol. The first kappa shape index (κ1) is 7.94. The Hall–Kier alpha value is -0.160. The zero-order valence-corrected chi connectivity index (χ0v) is 6.11. The lowest BCUT2D eigenvalue weighted by Gasteiger charge is -2.06. The van der Waals surface area contributed by atoms with Crippen molar-refractivity contribution >= 4 is 0 Å². The molecule has 0 aromatic carbocycles. The molecule has 0 bridgehead atoms. The average molecular weight is 148 g/mol. The van der Waals surface area contributed by atoms with Crippen LogP contribution in [0.25, 0.3) is 0 Å². The van der Waals surface area contributed by atoms with E-state index in [1.165, 1.54) is 7.11 Å². The van der Waals surface area contributed by atoms with Crippen molar-refractivity contribution in [2.24, 2.45) is 0 Å². The van der Waals surface area contributed by atoms with Gasteiger partial charge in [0.25, 0.3) is 6.48 Å². The van der Waals surface area contributed by atoms with E-state index in [9.17, 15) is 0 Å². The lowest BCUT2D eigenvalue weighted by Crippen LogP contribution is -2.22. The van der Waals surface area contributed by atoms with Gasteiger partial charge >= 0.3 is 0 Å². The van der Waals surface area contributed by atoms with Crippen LogP contribution in [0.1, 0.15) is 6.92 Å². The first-order valence-corrected chi connectivity index (χ1v) is 3.22. The largest absolute Gasteiger partial charge is 0.394 e. The summed E-state index contributed by atoms with van der Waals surface area (Å²) in [5, 5.41) is 8.69. The molecule has 1 heterocycles. The number of hydrogen-bond donors (Lipinski definition) is 1. The number of aliphatic hydroxyl groups excluding tert-OH is 1. The van der Waals surface area contributed by atoms with Crippen LogP contribution < -0.4 is 0 Å². The summed E-state index contributed by atoms with van der Waals surface area (Å²) in [6.45, 7) is 1.20. The van der Waals surface area contributed by atoms with Crippen LogP contribution in [0, 0.1) is 0 Å². The molecule has 0 saturated carbocycles. The smallest absolute Gasteiger partial charge is 0.272 e. The summed E-state index contributed by atoms with van der Waals surface area (Å²) in [7, 11) is 1.50. The Morgan fingerprint density at radius 1 is 1.50 bits per heavy atom. The Morgan fingerprint density at radius 3 is 2.50 bits per heavy atom. The maximum Gasteiger partial charge on any atom is 0.272 e. The summed E-state index contributed by atoms with van der Waals surface area (Å²) < 4.78 is 14.9. The van der Waals surface area contributed by atoms with E-state index in [0.29, 0.717) is 0 Å². The minimum absolute atomic E-state index is 0.0268. The average Bonchev–Trinajstić information content (AvgIpc) is 2.30. The third-order valence-electron chi connectivity index (χ3n) is 1.51. The molecule has 0 aromatic rings. The summed E-state index contributed by atoms with van der Waals surface area (Å²) in [4.78, 5) is 0. The number of methoxy groups -OCH3 is 1. The van der Waals surface area contributed by atoms with Crippen LogP contribution in [0.2, 0.25) is 0 Å². The molecule has 10 heavy (non-hydrogen) atoms. The molecule has 4 nitrogen and oxygen atoms in total. The fourth-order valence-corrected chi connectivity index (χ4v) is 0.851. The zero-order chi connectivity index (χ0) is 7.56. The van der Waals surface area contributed by atoms with Gasteiger partial charge in [-0.15, -0.1) is 0 Å². The summed E-state index contributed by atoms with van der Waals surface area (Å²) in [5.41, 5.74) is 0. The highest BCUT2D eigenvalue weighted by Crippen LogP contribution is 2.18. The molecule has 0 spiro atoms. The van der Waals surface area contributed by atoms with E-state index in [1.807, 2.05) is 6.92 Å². The predicted molar refractivity (Wildman–Crippen MR) is 33.3 cm³/mol. The van der Waals surface area contributed by atoms with E-state index < -0.39 is 6.48 Å².